The smallest absolute Gasteiger partial charge is 0.376 e. The van der Waals surface area contributed by atoms with Gasteiger partial charge in [-0.25, -0.2) is 0 Å². The third-order valence-electron chi connectivity index (χ3n) is 7.59. The van der Waals surface area contributed by atoms with E-state index in [2.05, 4.69) is 8.37 Å². The lowest BCUT2D eigenvalue weighted by Crippen LogP contribution is -2.28. The summed E-state index contributed by atoms with van der Waals surface area (Å²) >= 11 is 0. The number of aryl methyl sites for hydroxylation is 1. The third-order valence-corrected chi connectivity index (χ3v) is 9.56. The zero-order valence-electron chi connectivity index (χ0n) is 25.1. The number of nitrogens with zero attached hydrogens (tertiary/aromatic N) is 1. The molecule has 6 aromatic carbocycles. The van der Waals surface area contributed by atoms with Crippen LogP contribution in [0.2, 0.25) is 0 Å². The predicted molar refractivity (Wildman–Crippen MR) is 174 cm³/mol. The number of hydrogen-bond acceptors (Lipinski definition) is 7. The highest BCUT2D eigenvalue weighted by molar-refractivity contribution is 7.88. The largest absolute Gasteiger partial charge is 0.534 e. The van der Waals surface area contributed by atoms with Crippen LogP contribution in [0.15, 0.2) is 109 Å². The van der Waals surface area contributed by atoms with E-state index < -0.39 is 43.6 Å². The first-order valence-corrected chi connectivity index (χ1v) is 17.1. The van der Waals surface area contributed by atoms with Crippen LogP contribution in [0.25, 0.3) is 32.3 Å². The van der Waals surface area contributed by atoms with Crippen molar-refractivity contribution in [2.75, 3.05) is 4.90 Å². The molecule has 0 radical (unpaired) electrons. The summed E-state index contributed by atoms with van der Waals surface area (Å²) in [7, 11) is -11.7. The Labute approximate surface area is 276 Å². The van der Waals surface area contributed by atoms with Crippen molar-refractivity contribution < 1.29 is 51.5 Å². The first kappa shape index (κ1) is 34.0. The number of benzene rings is 6. The van der Waals surface area contributed by atoms with E-state index in [1.165, 1.54) is 24.3 Å². The van der Waals surface area contributed by atoms with Crippen LogP contribution in [0.5, 0.6) is 5.75 Å². The van der Waals surface area contributed by atoms with Gasteiger partial charge in [-0.15, -0.1) is 0 Å². The third kappa shape index (κ3) is 7.00. The van der Waals surface area contributed by atoms with E-state index in [0.29, 0.717) is 38.6 Å². The summed E-state index contributed by atoms with van der Waals surface area (Å²) in [5.41, 5.74) is -8.00. The van der Waals surface area contributed by atoms with E-state index in [9.17, 15) is 43.2 Å². The summed E-state index contributed by atoms with van der Waals surface area (Å²) in [6.07, 6.45) is 0. The molecule has 0 aliphatic carbocycles. The fourth-order valence-electron chi connectivity index (χ4n) is 5.24. The molecule has 6 rings (SSSR count). The molecule has 0 amide bonds. The Morgan fingerprint density at radius 2 is 1.00 bits per heavy atom. The quantitative estimate of drug-likeness (QED) is 0.0880. The van der Waals surface area contributed by atoms with Gasteiger partial charge in [0.15, 0.2) is 0 Å². The first-order valence-electron chi connectivity index (χ1n) is 14.2. The number of alkyl halides is 6. The lowest BCUT2D eigenvalue weighted by molar-refractivity contribution is -0.0548. The Morgan fingerprint density at radius 1 is 0.531 bits per heavy atom. The first-order chi connectivity index (χ1) is 22.9. The van der Waals surface area contributed by atoms with Gasteiger partial charge in [0.05, 0.1) is 6.61 Å². The highest BCUT2D eigenvalue weighted by Crippen LogP contribution is 2.40. The molecule has 0 aliphatic rings. The standard InChI is InChI=1S/C34H23F6NO6S2/c1-21-2-4-25-16-29(11-7-24(25)14-21)41(30-12-8-27-19-32(13-9-26(27)17-30)47-49(44,45)34(38,39)40)31-10-6-23-5-3-22(15-28(23)18-31)20-46-48(42,43)33(35,36)37/h2-19H,20H2,1H3. The van der Waals surface area contributed by atoms with Crippen molar-refractivity contribution >= 4 is 69.6 Å². The fraction of sp³-hybridized carbons (Fsp3) is 0.118. The van der Waals surface area contributed by atoms with Crippen molar-refractivity contribution in [2.24, 2.45) is 0 Å². The second kappa shape index (κ2) is 12.2. The Bertz CT molecular complexity index is 2460. The predicted octanol–water partition coefficient (Wildman–Crippen LogP) is 9.52. The molecule has 0 unspecified atom stereocenters. The topological polar surface area (TPSA) is 90.0 Å². The Morgan fingerprint density at radius 3 is 1.59 bits per heavy atom. The van der Waals surface area contributed by atoms with Gasteiger partial charge in [-0.1, -0.05) is 60.2 Å². The minimum Gasteiger partial charge on any atom is -0.376 e. The van der Waals surface area contributed by atoms with Crippen LogP contribution in [0.1, 0.15) is 11.1 Å². The van der Waals surface area contributed by atoms with Crippen molar-refractivity contribution in [3.05, 3.63) is 120 Å². The van der Waals surface area contributed by atoms with Crippen LogP contribution in [0.4, 0.5) is 43.4 Å². The van der Waals surface area contributed by atoms with Crippen molar-refractivity contribution in [1.82, 2.24) is 0 Å². The SMILES string of the molecule is Cc1ccc2cc(N(c3ccc4cc(OS(=O)(=O)C(F)(F)F)ccc4c3)c3ccc4ccc(COS(=O)(=O)C(F)(F)F)cc4c3)ccc2c1. The Kier molecular flexibility index (Phi) is 8.49. The van der Waals surface area contributed by atoms with Crippen LogP contribution in [-0.4, -0.2) is 27.9 Å². The normalized spacial score (nSPS) is 12.9. The molecular weight excluding hydrogens is 696 g/mol. The highest BCUT2D eigenvalue weighted by atomic mass is 32.2. The number of rotatable bonds is 8. The summed E-state index contributed by atoms with van der Waals surface area (Å²) < 4.78 is 131. The summed E-state index contributed by atoms with van der Waals surface area (Å²) in [5, 5.41) is 4.12. The molecule has 6 aromatic rings. The number of anilines is 3. The number of fused-ring (bicyclic) bond motifs is 3. The molecule has 0 aliphatic heterocycles. The summed E-state index contributed by atoms with van der Waals surface area (Å²) in [6.45, 7) is 1.13. The molecule has 0 saturated carbocycles. The van der Waals surface area contributed by atoms with E-state index in [-0.39, 0.29) is 5.56 Å². The summed E-state index contributed by atoms with van der Waals surface area (Å²) in [4.78, 5) is 1.88. The summed E-state index contributed by atoms with van der Waals surface area (Å²) in [6, 6.07) is 30.4. The molecule has 0 spiro atoms. The maximum Gasteiger partial charge on any atom is 0.534 e. The van der Waals surface area contributed by atoms with Crippen molar-refractivity contribution in [3.8, 4) is 5.75 Å². The van der Waals surface area contributed by atoms with Gasteiger partial charge in [0, 0.05) is 17.1 Å². The average Bonchev–Trinajstić information content (AvgIpc) is 3.02. The monoisotopic (exact) mass is 719 g/mol. The van der Waals surface area contributed by atoms with Crippen LogP contribution in [0.3, 0.4) is 0 Å². The molecule has 0 atom stereocenters. The molecule has 15 heteroatoms. The van der Waals surface area contributed by atoms with E-state index in [0.717, 1.165) is 22.4 Å². The minimum atomic E-state index is -5.87. The molecule has 0 saturated heterocycles. The van der Waals surface area contributed by atoms with Gasteiger partial charge < -0.3 is 9.08 Å². The van der Waals surface area contributed by atoms with Gasteiger partial charge in [-0.05, 0) is 99.4 Å². The fourth-order valence-corrected chi connectivity index (χ4v) is 6.12. The molecule has 0 heterocycles. The zero-order valence-corrected chi connectivity index (χ0v) is 26.7. The van der Waals surface area contributed by atoms with Crippen molar-refractivity contribution in [1.29, 1.82) is 0 Å². The molecule has 254 valence electrons. The van der Waals surface area contributed by atoms with Gasteiger partial charge in [-0.3, -0.25) is 4.18 Å². The molecule has 49 heavy (non-hydrogen) atoms. The average molecular weight is 720 g/mol. The van der Waals surface area contributed by atoms with E-state index in [4.69, 9.17) is 0 Å². The van der Waals surface area contributed by atoms with E-state index in [1.54, 1.807) is 36.4 Å². The van der Waals surface area contributed by atoms with Crippen LogP contribution < -0.4 is 9.08 Å². The van der Waals surface area contributed by atoms with Crippen LogP contribution >= 0.6 is 0 Å². The molecule has 7 nitrogen and oxygen atoms in total. The molecule has 0 aromatic heterocycles. The van der Waals surface area contributed by atoms with Gasteiger partial charge in [0.25, 0.3) is 0 Å². The molecule has 0 fully saturated rings. The van der Waals surface area contributed by atoms with Gasteiger partial charge >= 0.3 is 31.3 Å². The zero-order chi connectivity index (χ0) is 35.4. The Hall–Kier alpha value is -4.86. The maximum atomic E-state index is 12.9. The minimum absolute atomic E-state index is 0.182. The lowest BCUT2D eigenvalue weighted by Gasteiger charge is -2.26. The lowest BCUT2D eigenvalue weighted by atomic mass is 10.0. The number of hydrogen-bond donors (Lipinski definition) is 0. The van der Waals surface area contributed by atoms with Gasteiger partial charge in [0.2, 0.25) is 0 Å². The molecule has 0 N–H and O–H groups in total. The van der Waals surface area contributed by atoms with Crippen molar-refractivity contribution in [2.45, 2.75) is 24.5 Å². The van der Waals surface area contributed by atoms with Crippen molar-refractivity contribution in [3.63, 3.8) is 0 Å². The number of halogens is 6. The second-order valence-electron chi connectivity index (χ2n) is 11.1. The second-order valence-corrected chi connectivity index (χ2v) is 14.2. The molecule has 0 bridgehead atoms. The van der Waals surface area contributed by atoms with E-state index in [1.807, 2.05) is 54.3 Å². The molecular formula is C34H23F6NO6S2. The van der Waals surface area contributed by atoms with Gasteiger partial charge in [0.1, 0.15) is 5.75 Å². The van der Waals surface area contributed by atoms with Crippen LogP contribution in [0, 0.1) is 6.92 Å². The Balaban J connectivity index is 1.43. The highest BCUT2D eigenvalue weighted by Gasteiger charge is 2.49. The van der Waals surface area contributed by atoms with Crippen LogP contribution in [-0.2, 0) is 31.0 Å². The van der Waals surface area contributed by atoms with E-state index >= 15 is 0 Å². The van der Waals surface area contributed by atoms with Gasteiger partial charge in [-0.2, -0.15) is 43.2 Å². The maximum absolute atomic E-state index is 12.9. The summed E-state index contributed by atoms with van der Waals surface area (Å²) in [5.74, 6) is -0.517.